The first-order chi connectivity index (χ1) is 13.8. The molecule has 1 aromatic carbocycles. The molecule has 0 aliphatic carbocycles. The molecule has 1 aliphatic rings. The predicted octanol–water partition coefficient (Wildman–Crippen LogP) is 3.56. The zero-order chi connectivity index (χ0) is 21.0. The molecule has 9 heteroatoms. The van der Waals surface area contributed by atoms with Gasteiger partial charge in [-0.05, 0) is 38.5 Å². The summed E-state index contributed by atoms with van der Waals surface area (Å²) >= 11 is 0. The van der Waals surface area contributed by atoms with Crippen LogP contribution in [0.2, 0.25) is 0 Å². The molecule has 2 heterocycles. The SMILES string of the molecule is Cc1cc(C(=O)NCCCOCC(F)(F)F)c(C)n1-c1ccc2c(c1)OCCO2. The molecular formula is C20H23F3N2O4. The van der Waals surface area contributed by atoms with Crippen LogP contribution in [0.4, 0.5) is 13.2 Å². The molecule has 0 saturated heterocycles. The van der Waals surface area contributed by atoms with E-state index < -0.39 is 12.8 Å². The molecule has 0 fully saturated rings. The number of rotatable bonds is 7. The van der Waals surface area contributed by atoms with Crippen molar-refractivity contribution in [2.75, 3.05) is 33.0 Å². The Balaban J connectivity index is 1.62. The smallest absolute Gasteiger partial charge is 0.411 e. The lowest BCUT2D eigenvalue weighted by molar-refractivity contribution is -0.173. The number of aryl methyl sites for hydroxylation is 1. The third-order valence-corrected chi connectivity index (χ3v) is 4.48. The lowest BCUT2D eigenvalue weighted by Gasteiger charge is -2.20. The average Bonchev–Trinajstić information content (AvgIpc) is 2.97. The summed E-state index contributed by atoms with van der Waals surface area (Å²) in [6.07, 6.45) is -4.04. The number of nitrogens with zero attached hydrogens (tertiary/aromatic N) is 1. The third kappa shape index (κ3) is 5.23. The van der Waals surface area contributed by atoms with Gasteiger partial charge in [0, 0.05) is 36.3 Å². The molecule has 0 unspecified atom stereocenters. The van der Waals surface area contributed by atoms with Crippen molar-refractivity contribution in [2.24, 2.45) is 0 Å². The molecule has 2 aromatic rings. The summed E-state index contributed by atoms with van der Waals surface area (Å²) in [4.78, 5) is 12.5. The molecular weight excluding hydrogens is 389 g/mol. The number of carbonyl (C=O) groups excluding carboxylic acids is 1. The molecule has 1 N–H and O–H groups in total. The Hall–Kier alpha value is -2.68. The standard InChI is InChI=1S/C20H23F3N2O4/c1-13-10-16(19(26)24-6-3-7-27-12-20(21,22)23)14(2)25(13)15-4-5-17-18(11-15)29-9-8-28-17/h4-5,10-11H,3,6-9,12H2,1-2H3,(H,24,26). The van der Waals surface area contributed by atoms with Crippen molar-refractivity contribution in [3.63, 3.8) is 0 Å². The first kappa shape index (κ1) is 21.0. The minimum Gasteiger partial charge on any atom is -0.486 e. The number of carbonyl (C=O) groups is 1. The van der Waals surface area contributed by atoms with E-state index in [2.05, 4.69) is 10.1 Å². The minimum atomic E-state index is -4.34. The van der Waals surface area contributed by atoms with Crippen molar-refractivity contribution in [2.45, 2.75) is 26.4 Å². The first-order valence-corrected chi connectivity index (χ1v) is 9.28. The average molecular weight is 412 g/mol. The van der Waals surface area contributed by atoms with Gasteiger partial charge in [-0.1, -0.05) is 0 Å². The molecule has 6 nitrogen and oxygen atoms in total. The normalized spacial score (nSPS) is 13.4. The van der Waals surface area contributed by atoms with Gasteiger partial charge in [0.2, 0.25) is 0 Å². The van der Waals surface area contributed by atoms with Gasteiger partial charge in [-0.3, -0.25) is 4.79 Å². The molecule has 29 heavy (non-hydrogen) atoms. The highest BCUT2D eigenvalue weighted by Gasteiger charge is 2.27. The zero-order valence-corrected chi connectivity index (χ0v) is 16.3. The number of benzene rings is 1. The van der Waals surface area contributed by atoms with E-state index in [4.69, 9.17) is 9.47 Å². The van der Waals surface area contributed by atoms with Crippen LogP contribution in [0.5, 0.6) is 11.5 Å². The van der Waals surface area contributed by atoms with Gasteiger partial charge in [0.15, 0.2) is 11.5 Å². The van der Waals surface area contributed by atoms with Crippen molar-refractivity contribution in [1.29, 1.82) is 0 Å². The highest BCUT2D eigenvalue weighted by atomic mass is 19.4. The highest BCUT2D eigenvalue weighted by molar-refractivity contribution is 5.95. The second-order valence-corrected chi connectivity index (χ2v) is 6.73. The Morgan fingerprint density at radius 2 is 1.90 bits per heavy atom. The van der Waals surface area contributed by atoms with Crippen LogP contribution >= 0.6 is 0 Å². The quantitative estimate of drug-likeness (QED) is 0.707. The van der Waals surface area contributed by atoms with E-state index >= 15 is 0 Å². The molecule has 1 amide bonds. The lowest BCUT2D eigenvalue weighted by Crippen LogP contribution is -2.26. The van der Waals surface area contributed by atoms with Gasteiger partial charge >= 0.3 is 6.18 Å². The van der Waals surface area contributed by atoms with Gasteiger partial charge in [0.25, 0.3) is 5.91 Å². The van der Waals surface area contributed by atoms with Gasteiger partial charge in [-0.15, -0.1) is 0 Å². The number of nitrogens with one attached hydrogen (secondary N) is 1. The Morgan fingerprint density at radius 1 is 1.17 bits per heavy atom. The third-order valence-electron chi connectivity index (χ3n) is 4.48. The van der Waals surface area contributed by atoms with Crippen LogP contribution in [-0.4, -0.2) is 49.6 Å². The van der Waals surface area contributed by atoms with Gasteiger partial charge in [0.1, 0.15) is 19.8 Å². The number of amides is 1. The van der Waals surface area contributed by atoms with Crippen LogP contribution in [0.25, 0.3) is 5.69 Å². The Labute approximate surface area is 166 Å². The van der Waals surface area contributed by atoms with E-state index in [-0.39, 0.29) is 19.1 Å². The van der Waals surface area contributed by atoms with E-state index in [1.807, 2.05) is 36.6 Å². The van der Waals surface area contributed by atoms with Crippen LogP contribution in [0.1, 0.15) is 28.2 Å². The van der Waals surface area contributed by atoms with Gasteiger partial charge in [-0.25, -0.2) is 0 Å². The summed E-state index contributed by atoms with van der Waals surface area (Å²) in [5.74, 6) is 1.07. The zero-order valence-electron chi connectivity index (χ0n) is 16.3. The predicted molar refractivity (Wildman–Crippen MR) is 100 cm³/mol. The number of ether oxygens (including phenoxy) is 3. The summed E-state index contributed by atoms with van der Waals surface area (Å²) in [7, 11) is 0. The molecule has 1 aromatic heterocycles. The number of fused-ring (bicyclic) bond motifs is 1. The Bertz CT molecular complexity index is 877. The fourth-order valence-electron chi connectivity index (χ4n) is 3.22. The second-order valence-electron chi connectivity index (χ2n) is 6.73. The topological polar surface area (TPSA) is 61.7 Å². The summed E-state index contributed by atoms with van der Waals surface area (Å²) in [5, 5.41) is 2.72. The fraction of sp³-hybridized carbons (Fsp3) is 0.450. The Morgan fingerprint density at radius 3 is 2.62 bits per heavy atom. The summed E-state index contributed by atoms with van der Waals surface area (Å²) in [5.41, 5.74) is 2.99. The minimum absolute atomic E-state index is 0.0734. The largest absolute Gasteiger partial charge is 0.486 e. The fourth-order valence-corrected chi connectivity index (χ4v) is 3.22. The van der Waals surface area contributed by atoms with Crippen molar-refractivity contribution < 1.29 is 32.2 Å². The van der Waals surface area contributed by atoms with Crippen molar-refractivity contribution in [3.05, 3.63) is 41.2 Å². The number of halogens is 3. The molecule has 158 valence electrons. The molecule has 0 atom stereocenters. The molecule has 0 saturated carbocycles. The summed E-state index contributed by atoms with van der Waals surface area (Å²) in [6, 6.07) is 7.38. The Kier molecular flexibility index (Phi) is 6.36. The monoisotopic (exact) mass is 412 g/mol. The molecule has 0 spiro atoms. The number of aromatic nitrogens is 1. The highest BCUT2D eigenvalue weighted by Crippen LogP contribution is 2.33. The van der Waals surface area contributed by atoms with Crippen LogP contribution in [0, 0.1) is 13.8 Å². The maximum Gasteiger partial charge on any atom is 0.411 e. The maximum absolute atomic E-state index is 12.5. The molecule has 3 rings (SSSR count). The number of hydrogen-bond donors (Lipinski definition) is 1. The van der Waals surface area contributed by atoms with E-state index in [9.17, 15) is 18.0 Å². The maximum atomic E-state index is 12.5. The van der Waals surface area contributed by atoms with E-state index in [1.54, 1.807) is 6.07 Å². The van der Waals surface area contributed by atoms with Gasteiger partial charge < -0.3 is 24.1 Å². The molecule has 1 aliphatic heterocycles. The van der Waals surface area contributed by atoms with Crippen LogP contribution in [0.15, 0.2) is 24.3 Å². The number of alkyl halides is 3. The van der Waals surface area contributed by atoms with Crippen molar-refractivity contribution in [1.82, 2.24) is 9.88 Å². The van der Waals surface area contributed by atoms with Gasteiger partial charge in [0.05, 0.1) is 5.56 Å². The lowest BCUT2D eigenvalue weighted by atomic mass is 10.2. The molecule has 0 radical (unpaired) electrons. The van der Waals surface area contributed by atoms with Crippen LogP contribution < -0.4 is 14.8 Å². The number of hydrogen-bond acceptors (Lipinski definition) is 4. The van der Waals surface area contributed by atoms with Crippen LogP contribution in [-0.2, 0) is 4.74 Å². The van der Waals surface area contributed by atoms with E-state index in [1.165, 1.54) is 0 Å². The van der Waals surface area contributed by atoms with E-state index in [0.717, 1.165) is 17.1 Å². The molecule has 0 bridgehead atoms. The van der Waals surface area contributed by atoms with Crippen molar-refractivity contribution in [3.8, 4) is 17.2 Å². The first-order valence-electron chi connectivity index (χ1n) is 9.28. The second kappa shape index (κ2) is 8.77. The van der Waals surface area contributed by atoms with E-state index in [0.29, 0.717) is 36.7 Å². The van der Waals surface area contributed by atoms with Gasteiger partial charge in [-0.2, -0.15) is 13.2 Å². The van der Waals surface area contributed by atoms with Crippen LogP contribution in [0.3, 0.4) is 0 Å². The van der Waals surface area contributed by atoms with Crippen molar-refractivity contribution >= 4 is 5.91 Å². The summed E-state index contributed by atoms with van der Waals surface area (Å²) < 4.78 is 53.7. The summed E-state index contributed by atoms with van der Waals surface area (Å²) in [6.45, 7) is 3.61.